The summed E-state index contributed by atoms with van der Waals surface area (Å²) in [6.45, 7) is 2.58. The maximum absolute atomic E-state index is 12.7. The van der Waals surface area contributed by atoms with Crippen LogP contribution in [0.2, 0.25) is 5.02 Å². The lowest BCUT2D eigenvalue weighted by atomic mass is 10.1. The standard InChI is InChI=1S/C22H19BrClNO4S/c1-15-7-8-18(23)11-17(15)12-25-13-19-20(29-30(25,26)27)9-10-21(22(19)24)28-14-16-5-3-2-4-6-16/h2-11H,12-14H2,1H3. The van der Waals surface area contributed by atoms with E-state index in [1.807, 2.05) is 55.5 Å². The van der Waals surface area contributed by atoms with Crippen LogP contribution in [-0.2, 0) is 30.0 Å². The van der Waals surface area contributed by atoms with Gasteiger partial charge >= 0.3 is 10.3 Å². The molecule has 0 N–H and O–H groups in total. The van der Waals surface area contributed by atoms with Gasteiger partial charge in [-0.25, -0.2) is 0 Å². The second-order valence-electron chi connectivity index (χ2n) is 7.01. The highest BCUT2D eigenvalue weighted by Gasteiger charge is 2.34. The normalized spacial score (nSPS) is 15.3. The van der Waals surface area contributed by atoms with Crippen molar-refractivity contribution in [1.29, 1.82) is 0 Å². The summed E-state index contributed by atoms with van der Waals surface area (Å²) in [7, 11) is -3.93. The first kappa shape index (κ1) is 21.2. The fourth-order valence-corrected chi connectivity index (χ4v) is 4.96. The van der Waals surface area contributed by atoms with Gasteiger partial charge in [-0.05, 0) is 47.9 Å². The highest BCUT2D eigenvalue weighted by Crippen LogP contribution is 2.40. The second-order valence-corrected chi connectivity index (χ2v) is 9.84. The summed E-state index contributed by atoms with van der Waals surface area (Å²) in [4.78, 5) is 0. The molecular weight excluding hydrogens is 490 g/mol. The highest BCUT2D eigenvalue weighted by atomic mass is 79.9. The minimum absolute atomic E-state index is 0.102. The zero-order chi connectivity index (χ0) is 21.3. The lowest BCUT2D eigenvalue weighted by molar-refractivity contribution is 0.300. The van der Waals surface area contributed by atoms with Gasteiger partial charge < -0.3 is 8.92 Å². The molecule has 3 aromatic carbocycles. The molecule has 0 aliphatic carbocycles. The van der Waals surface area contributed by atoms with E-state index in [0.29, 0.717) is 22.9 Å². The molecule has 0 amide bonds. The van der Waals surface area contributed by atoms with Crippen LogP contribution in [0.15, 0.2) is 65.1 Å². The number of aryl methyl sites for hydroxylation is 1. The van der Waals surface area contributed by atoms with E-state index >= 15 is 0 Å². The van der Waals surface area contributed by atoms with E-state index in [1.165, 1.54) is 4.31 Å². The molecule has 156 valence electrons. The molecule has 5 nitrogen and oxygen atoms in total. The smallest absolute Gasteiger partial charge is 0.385 e. The van der Waals surface area contributed by atoms with Gasteiger partial charge in [-0.1, -0.05) is 63.9 Å². The van der Waals surface area contributed by atoms with Crippen LogP contribution in [0.5, 0.6) is 11.5 Å². The molecule has 0 bridgehead atoms. The van der Waals surface area contributed by atoms with Crippen LogP contribution < -0.4 is 8.92 Å². The van der Waals surface area contributed by atoms with Crippen LogP contribution >= 0.6 is 27.5 Å². The molecule has 0 fully saturated rings. The Morgan fingerprint density at radius 3 is 2.67 bits per heavy atom. The Morgan fingerprint density at radius 1 is 1.13 bits per heavy atom. The average Bonchev–Trinajstić information content (AvgIpc) is 2.72. The number of benzene rings is 3. The van der Waals surface area contributed by atoms with Crippen molar-refractivity contribution in [3.05, 3.63) is 92.4 Å². The summed E-state index contributed by atoms with van der Waals surface area (Å²) in [6.07, 6.45) is 0. The molecular formula is C22H19BrClNO4S. The van der Waals surface area contributed by atoms with Gasteiger partial charge in [-0.3, -0.25) is 0 Å². The number of hydrogen-bond donors (Lipinski definition) is 0. The fourth-order valence-electron chi connectivity index (χ4n) is 3.21. The molecule has 1 aliphatic heterocycles. The van der Waals surface area contributed by atoms with Crippen molar-refractivity contribution in [2.45, 2.75) is 26.6 Å². The SMILES string of the molecule is Cc1ccc(Br)cc1CN1Cc2c(ccc(OCc3ccccc3)c2Cl)OS1(=O)=O. The van der Waals surface area contributed by atoms with E-state index in [0.717, 1.165) is 21.2 Å². The van der Waals surface area contributed by atoms with E-state index < -0.39 is 10.3 Å². The van der Waals surface area contributed by atoms with Crippen molar-refractivity contribution in [3.8, 4) is 11.5 Å². The van der Waals surface area contributed by atoms with Crippen LogP contribution in [0.4, 0.5) is 0 Å². The summed E-state index contributed by atoms with van der Waals surface area (Å²) < 4.78 is 38.7. The van der Waals surface area contributed by atoms with Gasteiger partial charge in [-0.2, -0.15) is 12.7 Å². The summed E-state index contributed by atoms with van der Waals surface area (Å²) in [5.74, 6) is 0.718. The first-order chi connectivity index (χ1) is 14.3. The highest BCUT2D eigenvalue weighted by molar-refractivity contribution is 9.10. The van der Waals surface area contributed by atoms with Gasteiger partial charge in [0.1, 0.15) is 18.1 Å². The molecule has 0 saturated carbocycles. The van der Waals surface area contributed by atoms with Crippen LogP contribution in [0.1, 0.15) is 22.3 Å². The van der Waals surface area contributed by atoms with E-state index in [1.54, 1.807) is 12.1 Å². The molecule has 1 aliphatic rings. The number of fused-ring (bicyclic) bond motifs is 1. The monoisotopic (exact) mass is 507 g/mol. The quantitative estimate of drug-likeness (QED) is 0.448. The van der Waals surface area contributed by atoms with Crippen LogP contribution in [0.25, 0.3) is 0 Å². The number of nitrogens with zero attached hydrogens (tertiary/aromatic N) is 1. The maximum atomic E-state index is 12.7. The molecule has 30 heavy (non-hydrogen) atoms. The summed E-state index contributed by atoms with van der Waals surface area (Å²) in [5, 5.41) is 0.356. The van der Waals surface area contributed by atoms with Crippen molar-refractivity contribution < 1.29 is 17.3 Å². The van der Waals surface area contributed by atoms with Crippen molar-refractivity contribution in [1.82, 2.24) is 4.31 Å². The van der Waals surface area contributed by atoms with Crippen LogP contribution in [0.3, 0.4) is 0 Å². The van der Waals surface area contributed by atoms with Gasteiger partial charge in [0.2, 0.25) is 0 Å². The molecule has 4 rings (SSSR count). The van der Waals surface area contributed by atoms with Crippen molar-refractivity contribution >= 4 is 37.8 Å². The molecule has 0 spiro atoms. The van der Waals surface area contributed by atoms with Gasteiger partial charge in [-0.15, -0.1) is 0 Å². The van der Waals surface area contributed by atoms with Crippen molar-refractivity contribution in [2.24, 2.45) is 0 Å². The predicted molar refractivity (Wildman–Crippen MR) is 120 cm³/mol. The average molecular weight is 509 g/mol. The Bertz CT molecular complexity index is 1190. The third kappa shape index (κ3) is 4.49. The number of ether oxygens (including phenoxy) is 1. The molecule has 0 aromatic heterocycles. The Hall–Kier alpha value is -2.06. The molecule has 0 radical (unpaired) electrons. The first-order valence-electron chi connectivity index (χ1n) is 9.26. The Labute approximate surface area is 189 Å². The third-order valence-corrected chi connectivity index (χ3v) is 7.09. The minimum Gasteiger partial charge on any atom is -0.487 e. The number of rotatable bonds is 5. The van der Waals surface area contributed by atoms with Crippen LogP contribution in [-0.4, -0.2) is 12.7 Å². The van der Waals surface area contributed by atoms with E-state index in [9.17, 15) is 8.42 Å². The second kappa shape index (κ2) is 8.59. The van der Waals surface area contributed by atoms with Crippen molar-refractivity contribution in [3.63, 3.8) is 0 Å². The Balaban J connectivity index is 1.60. The lowest BCUT2D eigenvalue weighted by Gasteiger charge is -2.29. The molecule has 1 heterocycles. The fraction of sp³-hybridized carbons (Fsp3) is 0.182. The lowest BCUT2D eigenvalue weighted by Crippen LogP contribution is -2.37. The molecule has 8 heteroatoms. The molecule has 0 atom stereocenters. The zero-order valence-corrected chi connectivity index (χ0v) is 19.3. The van der Waals surface area contributed by atoms with Gasteiger partial charge in [0.15, 0.2) is 0 Å². The first-order valence-corrected chi connectivity index (χ1v) is 11.8. The van der Waals surface area contributed by atoms with Gasteiger partial charge in [0, 0.05) is 23.1 Å². The minimum atomic E-state index is -3.93. The van der Waals surface area contributed by atoms with E-state index in [4.69, 9.17) is 20.5 Å². The Morgan fingerprint density at radius 2 is 1.90 bits per heavy atom. The molecule has 0 unspecified atom stereocenters. The number of halogens is 2. The summed E-state index contributed by atoms with van der Waals surface area (Å²) in [5.41, 5.74) is 3.47. The van der Waals surface area contributed by atoms with E-state index in [2.05, 4.69) is 15.9 Å². The zero-order valence-electron chi connectivity index (χ0n) is 16.1. The molecule has 3 aromatic rings. The van der Waals surface area contributed by atoms with Gasteiger partial charge in [0.25, 0.3) is 0 Å². The van der Waals surface area contributed by atoms with Crippen LogP contribution in [0, 0.1) is 6.92 Å². The van der Waals surface area contributed by atoms with E-state index in [-0.39, 0.29) is 18.8 Å². The summed E-state index contributed by atoms with van der Waals surface area (Å²) >= 11 is 10.0. The predicted octanol–water partition coefficient (Wildman–Crippen LogP) is 5.63. The van der Waals surface area contributed by atoms with Crippen molar-refractivity contribution in [2.75, 3.05) is 0 Å². The molecule has 0 saturated heterocycles. The topological polar surface area (TPSA) is 55.8 Å². The van der Waals surface area contributed by atoms with Gasteiger partial charge in [0.05, 0.1) is 5.02 Å². The third-order valence-electron chi connectivity index (χ3n) is 4.91. The maximum Gasteiger partial charge on any atom is 0.385 e. The largest absolute Gasteiger partial charge is 0.487 e. The number of hydrogen-bond acceptors (Lipinski definition) is 4. The Kier molecular flexibility index (Phi) is 6.06. The summed E-state index contributed by atoms with van der Waals surface area (Å²) in [6, 6.07) is 18.7.